The first kappa shape index (κ1) is 16.8. The van der Waals surface area contributed by atoms with E-state index in [1.807, 2.05) is 31.2 Å². The number of aliphatic hydroxyl groups is 1. The second-order valence-electron chi connectivity index (χ2n) is 6.38. The molecule has 1 N–H and O–H groups in total. The molecule has 0 bridgehead atoms. The average Bonchev–Trinajstić information content (AvgIpc) is 2.53. The van der Waals surface area contributed by atoms with Crippen molar-refractivity contribution in [3.05, 3.63) is 29.8 Å². The fourth-order valence-corrected chi connectivity index (χ4v) is 3.23. The van der Waals surface area contributed by atoms with Crippen molar-refractivity contribution in [2.24, 2.45) is 0 Å². The van der Waals surface area contributed by atoms with E-state index in [1.165, 1.54) is 0 Å². The molecule has 1 aliphatic rings. The second kappa shape index (κ2) is 7.14. The predicted molar refractivity (Wildman–Crippen MR) is 86.8 cm³/mol. The van der Waals surface area contributed by atoms with Gasteiger partial charge in [0.25, 0.3) is 0 Å². The van der Waals surface area contributed by atoms with E-state index in [9.17, 15) is 9.90 Å². The molecule has 1 amide bonds. The fourth-order valence-electron chi connectivity index (χ4n) is 3.23. The summed E-state index contributed by atoms with van der Waals surface area (Å²) in [5, 5.41) is 10.6. The third kappa shape index (κ3) is 3.80. The summed E-state index contributed by atoms with van der Waals surface area (Å²) >= 11 is 0. The smallest absolute Gasteiger partial charge is 0.225 e. The average molecular weight is 305 g/mol. The number of amides is 1. The van der Waals surface area contributed by atoms with Crippen LogP contribution in [0.25, 0.3) is 0 Å². The number of hydrogen-bond acceptors (Lipinski definition) is 3. The molecule has 1 atom stereocenters. The van der Waals surface area contributed by atoms with Gasteiger partial charge < -0.3 is 14.7 Å². The van der Waals surface area contributed by atoms with Crippen LogP contribution in [0.4, 0.5) is 0 Å². The topological polar surface area (TPSA) is 49.8 Å². The van der Waals surface area contributed by atoms with Crippen molar-refractivity contribution in [3.63, 3.8) is 0 Å². The number of rotatable bonds is 5. The maximum Gasteiger partial charge on any atom is 0.225 e. The van der Waals surface area contributed by atoms with Crippen LogP contribution in [0.2, 0.25) is 0 Å². The molecular formula is C18H27NO3. The van der Waals surface area contributed by atoms with Gasteiger partial charge in [0.2, 0.25) is 5.91 Å². The molecule has 1 aliphatic carbocycles. The Labute approximate surface area is 133 Å². The third-order valence-corrected chi connectivity index (χ3v) is 4.83. The van der Waals surface area contributed by atoms with Gasteiger partial charge in [0.05, 0.1) is 25.2 Å². The van der Waals surface area contributed by atoms with E-state index < -0.39 is 5.60 Å². The van der Waals surface area contributed by atoms with E-state index in [0.29, 0.717) is 0 Å². The lowest BCUT2D eigenvalue weighted by Gasteiger charge is -2.34. The van der Waals surface area contributed by atoms with Crippen LogP contribution in [0.1, 0.15) is 57.1 Å². The molecule has 0 aromatic heterocycles. The first-order valence-corrected chi connectivity index (χ1v) is 8.08. The molecule has 4 heteroatoms. The molecule has 22 heavy (non-hydrogen) atoms. The number of carbonyl (C=O) groups is 1. The van der Waals surface area contributed by atoms with Gasteiger partial charge >= 0.3 is 0 Å². The maximum absolute atomic E-state index is 12.6. The summed E-state index contributed by atoms with van der Waals surface area (Å²) in [6, 6.07) is 7.65. The monoisotopic (exact) mass is 305 g/mol. The van der Waals surface area contributed by atoms with Gasteiger partial charge in [-0.1, -0.05) is 37.5 Å². The summed E-state index contributed by atoms with van der Waals surface area (Å²) in [5.41, 5.74) is 0.167. The van der Waals surface area contributed by atoms with Crippen LogP contribution in [0.15, 0.2) is 24.3 Å². The van der Waals surface area contributed by atoms with Gasteiger partial charge in [-0.3, -0.25) is 4.79 Å². The van der Waals surface area contributed by atoms with Crippen LogP contribution in [-0.2, 0) is 4.79 Å². The van der Waals surface area contributed by atoms with E-state index in [2.05, 4.69) is 0 Å². The quantitative estimate of drug-likeness (QED) is 0.908. The lowest BCUT2D eigenvalue weighted by Crippen LogP contribution is -2.40. The normalized spacial score (nSPS) is 18.5. The Balaban J connectivity index is 2.06. The highest BCUT2D eigenvalue weighted by molar-refractivity contribution is 5.77. The zero-order valence-corrected chi connectivity index (χ0v) is 13.8. The number of nitrogens with zero attached hydrogens (tertiary/aromatic N) is 1. The predicted octanol–water partition coefficient (Wildman–Crippen LogP) is 3.30. The molecular weight excluding hydrogens is 278 g/mol. The molecule has 0 heterocycles. The summed E-state index contributed by atoms with van der Waals surface area (Å²) in [7, 11) is 3.43. The molecule has 1 fully saturated rings. The van der Waals surface area contributed by atoms with Crippen molar-refractivity contribution < 1.29 is 14.6 Å². The van der Waals surface area contributed by atoms with E-state index >= 15 is 0 Å². The standard InChI is InChI=1S/C18H27NO3/c1-14(15-9-5-6-10-16(15)22-3)19(2)17(20)13-18(21)11-7-4-8-12-18/h5-6,9-10,14,21H,4,7-8,11-13H2,1-3H3. The zero-order chi connectivity index (χ0) is 16.2. The molecule has 0 aliphatic heterocycles. The Morgan fingerprint density at radius 2 is 1.95 bits per heavy atom. The van der Waals surface area contributed by atoms with E-state index in [0.717, 1.165) is 43.4 Å². The summed E-state index contributed by atoms with van der Waals surface area (Å²) in [6.07, 6.45) is 4.85. The highest BCUT2D eigenvalue weighted by Crippen LogP contribution is 2.33. The first-order valence-electron chi connectivity index (χ1n) is 8.08. The van der Waals surface area contributed by atoms with Crippen LogP contribution in [0, 0.1) is 0 Å². The molecule has 1 aromatic rings. The summed E-state index contributed by atoms with van der Waals surface area (Å²) in [5.74, 6) is 0.772. The van der Waals surface area contributed by atoms with Gasteiger partial charge in [0.15, 0.2) is 0 Å². The molecule has 4 nitrogen and oxygen atoms in total. The Hall–Kier alpha value is -1.55. The Morgan fingerprint density at radius 3 is 2.59 bits per heavy atom. The van der Waals surface area contributed by atoms with Crippen molar-refractivity contribution in [2.45, 2.75) is 57.1 Å². The molecule has 1 aromatic carbocycles. The number of ether oxygens (including phenoxy) is 1. The van der Waals surface area contributed by atoms with Crippen LogP contribution in [-0.4, -0.2) is 35.7 Å². The number of carbonyl (C=O) groups excluding carboxylic acids is 1. The summed E-state index contributed by atoms with van der Waals surface area (Å²) in [6.45, 7) is 1.99. The maximum atomic E-state index is 12.6. The number of para-hydroxylation sites is 1. The number of methoxy groups -OCH3 is 1. The summed E-state index contributed by atoms with van der Waals surface area (Å²) in [4.78, 5) is 14.3. The van der Waals surface area contributed by atoms with Gasteiger partial charge in [0, 0.05) is 12.6 Å². The molecule has 2 rings (SSSR count). The molecule has 122 valence electrons. The largest absolute Gasteiger partial charge is 0.496 e. The van der Waals surface area contributed by atoms with Crippen molar-refractivity contribution in [3.8, 4) is 5.75 Å². The van der Waals surface area contributed by atoms with E-state index in [-0.39, 0.29) is 18.4 Å². The molecule has 0 spiro atoms. The lowest BCUT2D eigenvalue weighted by atomic mass is 9.82. The second-order valence-corrected chi connectivity index (χ2v) is 6.38. The highest BCUT2D eigenvalue weighted by atomic mass is 16.5. The minimum atomic E-state index is -0.815. The van der Waals surface area contributed by atoms with E-state index in [4.69, 9.17) is 4.74 Å². The number of hydrogen-bond donors (Lipinski definition) is 1. The van der Waals surface area contributed by atoms with Gasteiger partial charge in [0.1, 0.15) is 5.75 Å². The highest BCUT2D eigenvalue weighted by Gasteiger charge is 2.33. The minimum Gasteiger partial charge on any atom is -0.496 e. The van der Waals surface area contributed by atoms with Crippen LogP contribution in [0.5, 0.6) is 5.75 Å². The van der Waals surface area contributed by atoms with Crippen LogP contribution >= 0.6 is 0 Å². The third-order valence-electron chi connectivity index (χ3n) is 4.83. The molecule has 0 radical (unpaired) electrons. The Bertz CT molecular complexity index is 509. The molecule has 0 saturated heterocycles. The van der Waals surface area contributed by atoms with Crippen molar-refractivity contribution in [2.75, 3.05) is 14.2 Å². The number of benzene rings is 1. The van der Waals surface area contributed by atoms with Gasteiger partial charge in [-0.2, -0.15) is 0 Å². The SMILES string of the molecule is COc1ccccc1C(C)N(C)C(=O)CC1(O)CCCCC1. The Kier molecular flexibility index (Phi) is 5.46. The lowest BCUT2D eigenvalue weighted by molar-refractivity contribution is -0.138. The zero-order valence-electron chi connectivity index (χ0n) is 13.8. The Morgan fingerprint density at radius 1 is 1.32 bits per heavy atom. The van der Waals surface area contributed by atoms with Crippen LogP contribution in [0.3, 0.4) is 0 Å². The van der Waals surface area contributed by atoms with Crippen molar-refractivity contribution in [1.29, 1.82) is 0 Å². The molecule has 1 saturated carbocycles. The van der Waals surface area contributed by atoms with Gasteiger partial charge in [-0.25, -0.2) is 0 Å². The minimum absolute atomic E-state index is 0.0113. The van der Waals surface area contributed by atoms with Gasteiger partial charge in [-0.05, 0) is 25.8 Å². The van der Waals surface area contributed by atoms with Gasteiger partial charge in [-0.15, -0.1) is 0 Å². The van der Waals surface area contributed by atoms with Crippen molar-refractivity contribution in [1.82, 2.24) is 4.90 Å². The molecule has 1 unspecified atom stereocenters. The van der Waals surface area contributed by atoms with E-state index in [1.54, 1.807) is 19.1 Å². The van der Waals surface area contributed by atoms with Crippen molar-refractivity contribution >= 4 is 5.91 Å². The first-order chi connectivity index (χ1) is 10.5. The fraction of sp³-hybridized carbons (Fsp3) is 0.611. The summed E-state index contributed by atoms with van der Waals surface area (Å²) < 4.78 is 5.38. The van der Waals surface area contributed by atoms with Crippen LogP contribution < -0.4 is 4.74 Å².